The van der Waals surface area contributed by atoms with Crippen molar-refractivity contribution in [1.82, 2.24) is 0 Å². The molecule has 4 nitrogen and oxygen atoms in total. The van der Waals surface area contributed by atoms with Gasteiger partial charge >= 0.3 is 6.02 Å². The Morgan fingerprint density at radius 3 is 2.33 bits per heavy atom. The van der Waals surface area contributed by atoms with Gasteiger partial charge in [-0.25, -0.2) is 0 Å². The van der Waals surface area contributed by atoms with E-state index in [-0.39, 0.29) is 12.1 Å². The molecule has 0 aromatic heterocycles. The molecule has 0 heterocycles. The van der Waals surface area contributed by atoms with Gasteiger partial charge in [0, 0.05) is 11.8 Å². The van der Waals surface area contributed by atoms with Crippen molar-refractivity contribution in [1.29, 1.82) is 0 Å². The Kier molecular flexibility index (Phi) is 1.77. The van der Waals surface area contributed by atoms with Crippen LogP contribution in [0.15, 0.2) is 12.2 Å². The minimum atomic E-state index is -0.124. The minimum absolute atomic E-state index is 0.124. The quantitative estimate of drug-likeness (QED) is 0.183. The maximum atomic E-state index is 5.11. The molecule has 1 fully saturated rings. The molecular weight excluding hydrogens is 156 g/mol. The molecule has 0 saturated heterocycles. The van der Waals surface area contributed by atoms with Crippen LogP contribution >= 0.6 is 0 Å². The van der Waals surface area contributed by atoms with E-state index in [1.54, 1.807) is 0 Å². The highest BCUT2D eigenvalue weighted by Gasteiger charge is 2.40. The van der Waals surface area contributed by atoms with Crippen molar-refractivity contribution in [2.75, 3.05) is 0 Å². The first-order valence-electron chi connectivity index (χ1n) is 4.17. The van der Waals surface area contributed by atoms with Gasteiger partial charge in [-0.3, -0.25) is 16.0 Å². The van der Waals surface area contributed by atoms with E-state index in [9.17, 15) is 0 Å². The first-order valence-corrected chi connectivity index (χ1v) is 4.17. The van der Waals surface area contributed by atoms with Crippen LogP contribution in [-0.2, 0) is 9.78 Å². The fraction of sp³-hybridized carbons (Fsp3) is 0.625. The zero-order valence-electron chi connectivity index (χ0n) is 6.77. The van der Waals surface area contributed by atoms with Crippen LogP contribution in [-0.4, -0.2) is 12.1 Å². The lowest BCUT2D eigenvalue weighted by molar-refractivity contribution is -0.303. The van der Waals surface area contributed by atoms with Crippen molar-refractivity contribution < 1.29 is 15.2 Å². The van der Waals surface area contributed by atoms with Crippen LogP contribution in [0.2, 0.25) is 0 Å². The molecule has 0 aromatic carbocycles. The Labute approximate surface area is 70.8 Å². The second-order valence-corrected chi connectivity index (χ2v) is 3.34. The minimum Gasteiger partial charge on any atom is -0.256 e. The Morgan fingerprint density at radius 2 is 1.92 bits per heavy atom. The van der Waals surface area contributed by atoms with E-state index in [4.69, 9.17) is 16.0 Å². The van der Waals surface area contributed by atoms with Crippen LogP contribution < -0.4 is 11.1 Å². The first-order chi connectivity index (χ1) is 5.77. The third kappa shape index (κ3) is 1.18. The molecule has 0 amide bonds. The molecule has 0 spiro atoms. The van der Waals surface area contributed by atoms with Gasteiger partial charge in [-0.1, -0.05) is 12.2 Å². The smallest absolute Gasteiger partial charge is 0.256 e. The second kappa shape index (κ2) is 2.79. The molecule has 2 aliphatic rings. The molecule has 4 heteroatoms. The summed E-state index contributed by atoms with van der Waals surface area (Å²) in [5, 5.41) is 5.11. The van der Waals surface area contributed by atoms with Gasteiger partial charge in [-0.15, -0.1) is 0 Å². The Morgan fingerprint density at radius 1 is 1.33 bits per heavy atom. The van der Waals surface area contributed by atoms with Crippen LogP contribution in [0.1, 0.15) is 12.8 Å². The highest BCUT2D eigenvalue weighted by atomic mass is 17.2. The monoisotopic (exact) mass is 169 g/mol. The van der Waals surface area contributed by atoms with Crippen LogP contribution in [0, 0.1) is 11.8 Å². The number of rotatable bonds is 2. The fourth-order valence-electron chi connectivity index (χ4n) is 1.98. The lowest BCUT2D eigenvalue weighted by atomic mass is 10.1. The van der Waals surface area contributed by atoms with Crippen LogP contribution in [0.3, 0.4) is 0 Å². The maximum Gasteiger partial charge on any atom is 0.469 e. The largest absolute Gasteiger partial charge is 0.469 e. The van der Waals surface area contributed by atoms with Crippen molar-refractivity contribution >= 4 is 6.02 Å². The maximum absolute atomic E-state index is 5.11. The summed E-state index contributed by atoms with van der Waals surface area (Å²) in [6.07, 6.45) is 6.84. The van der Waals surface area contributed by atoms with Crippen molar-refractivity contribution in [2.45, 2.75) is 18.9 Å². The Balaban J connectivity index is 1.87. The molecule has 12 heavy (non-hydrogen) atoms. The van der Waals surface area contributed by atoms with Gasteiger partial charge in [0.2, 0.25) is 0 Å². The van der Waals surface area contributed by atoms with Gasteiger partial charge in [-0.2, -0.15) is 4.89 Å². The Bertz CT molecular complexity index is 213. The molecule has 0 aliphatic heterocycles. The van der Waals surface area contributed by atoms with Gasteiger partial charge in [-0.05, 0) is 12.8 Å². The first kappa shape index (κ1) is 7.61. The Hall–Kier alpha value is -1.03. The van der Waals surface area contributed by atoms with Crippen LogP contribution in [0.4, 0.5) is 0 Å². The van der Waals surface area contributed by atoms with Crippen LogP contribution in [0.5, 0.6) is 0 Å². The van der Waals surface area contributed by atoms with Crippen molar-refractivity contribution in [3.63, 3.8) is 0 Å². The van der Waals surface area contributed by atoms with E-state index in [0.29, 0.717) is 11.8 Å². The summed E-state index contributed by atoms with van der Waals surface area (Å²) < 4.78 is 0. The van der Waals surface area contributed by atoms with Crippen molar-refractivity contribution in [3.05, 3.63) is 12.2 Å². The second-order valence-electron chi connectivity index (χ2n) is 3.34. The number of amidine groups is 1. The summed E-state index contributed by atoms with van der Waals surface area (Å²) in [6, 6.07) is -0.124. The van der Waals surface area contributed by atoms with Gasteiger partial charge in [0.15, 0.2) is 0 Å². The van der Waals surface area contributed by atoms with E-state index in [0.717, 1.165) is 0 Å². The molecule has 2 aliphatic carbocycles. The molecule has 2 atom stereocenters. The molecule has 1 saturated carbocycles. The molecular formula is C8H13N2O2+. The lowest BCUT2D eigenvalue weighted by Crippen LogP contribution is -2.48. The molecule has 66 valence electrons. The van der Waals surface area contributed by atoms with Gasteiger partial charge in [0.25, 0.3) is 0 Å². The van der Waals surface area contributed by atoms with E-state index >= 15 is 0 Å². The molecule has 2 rings (SSSR count). The number of fused-ring (bicyclic) bond motifs is 2. The average molecular weight is 169 g/mol. The average Bonchev–Trinajstić information content (AvgIpc) is 2.59. The predicted octanol–water partition coefficient (Wildman–Crippen LogP) is -1.03. The SMILES string of the molecule is NC(=[NH2+])OOC1C2C=CC1CC2. The summed E-state index contributed by atoms with van der Waals surface area (Å²) >= 11 is 0. The zero-order valence-corrected chi connectivity index (χ0v) is 6.77. The predicted molar refractivity (Wildman–Crippen MR) is 42.4 cm³/mol. The summed E-state index contributed by atoms with van der Waals surface area (Å²) in [5.41, 5.74) is 5.11. The summed E-state index contributed by atoms with van der Waals surface area (Å²) in [5.74, 6) is 0.990. The number of hydrogen-bond acceptors (Lipinski definition) is 2. The molecule has 4 N–H and O–H groups in total. The topological polar surface area (TPSA) is 70.1 Å². The van der Waals surface area contributed by atoms with E-state index < -0.39 is 0 Å². The van der Waals surface area contributed by atoms with E-state index in [1.807, 2.05) is 0 Å². The summed E-state index contributed by atoms with van der Waals surface area (Å²) in [7, 11) is 0. The van der Waals surface area contributed by atoms with E-state index in [1.165, 1.54) is 12.8 Å². The lowest BCUT2D eigenvalue weighted by Gasteiger charge is -2.12. The standard InChI is InChI=1S/C8H12N2O2/c9-8(10)12-11-7-5-1-2-6(7)4-3-5/h1-2,5-7H,3-4H2,(H3,9,10)/p+1. The van der Waals surface area contributed by atoms with Gasteiger partial charge in [0.1, 0.15) is 6.10 Å². The highest BCUT2D eigenvalue weighted by Crippen LogP contribution is 2.40. The molecule has 0 radical (unpaired) electrons. The third-order valence-corrected chi connectivity index (χ3v) is 2.54. The highest BCUT2D eigenvalue weighted by molar-refractivity contribution is 5.63. The zero-order chi connectivity index (χ0) is 8.55. The number of hydrogen-bond donors (Lipinski definition) is 2. The van der Waals surface area contributed by atoms with Gasteiger partial charge in [0.05, 0.1) is 0 Å². The third-order valence-electron chi connectivity index (χ3n) is 2.54. The van der Waals surface area contributed by atoms with E-state index in [2.05, 4.69) is 17.0 Å². The van der Waals surface area contributed by atoms with Crippen LogP contribution in [0.25, 0.3) is 0 Å². The normalized spacial score (nSPS) is 37.2. The van der Waals surface area contributed by atoms with Crippen molar-refractivity contribution in [3.8, 4) is 0 Å². The number of nitrogens with two attached hydrogens (primary N) is 2. The van der Waals surface area contributed by atoms with Crippen molar-refractivity contribution in [2.24, 2.45) is 17.6 Å². The van der Waals surface area contributed by atoms with Gasteiger partial charge < -0.3 is 0 Å². The molecule has 0 aromatic rings. The molecule has 2 bridgehead atoms. The fourth-order valence-corrected chi connectivity index (χ4v) is 1.98. The molecule has 2 unspecified atom stereocenters. The summed E-state index contributed by atoms with van der Waals surface area (Å²) in [6.45, 7) is 0. The summed E-state index contributed by atoms with van der Waals surface area (Å²) in [4.78, 5) is 9.74.